The molecule has 0 aromatic heterocycles. The van der Waals surface area contributed by atoms with Crippen molar-refractivity contribution in [2.24, 2.45) is 5.92 Å². The molecule has 2 aromatic carbocycles. The van der Waals surface area contributed by atoms with E-state index in [-0.39, 0.29) is 11.8 Å². The summed E-state index contributed by atoms with van der Waals surface area (Å²) >= 11 is 0. The minimum absolute atomic E-state index is 0.0376. The number of carboxylic acid groups (broad SMARTS) is 1. The predicted octanol–water partition coefficient (Wildman–Crippen LogP) is 2.63. The van der Waals surface area contributed by atoms with E-state index in [1.165, 1.54) is 0 Å². The first kappa shape index (κ1) is 16.2. The Labute approximate surface area is 150 Å². The van der Waals surface area contributed by atoms with Gasteiger partial charge >= 0.3 is 5.97 Å². The van der Waals surface area contributed by atoms with Crippen LogP contribution in [-0.4, -0.2) is 30.1 Å². The van der Waals surface area contributed by atoms with Crippen LogP contribution < -0.4 is 10.2 Å². The van der Waals surface area contributed by atoms with Gasteiger partial charge in [0, 0.05) is 25.2 Å². The zero-order valence-corrected chi connectivity index (χ0v) is 14.0. The number of nitrogens with zero attached hydrogens (tertiary/aromatic N) is 2. The maximum atomic E-state index is 11.5. The van der Waals surface area contributed by atoms with Gasteiger partial charge in [-0.1, -0.05) is 12.1 Å². The quantitative estimate of drug-likeness (QED) is 0.890. The molecule has 1 amide bonds. The van der Waals surface area contributed by atoms with Gasteiger partial charge in [-0.2, -0.15) is 5.26 Å². The summed E-state index contributed by atoms with van der Waals surface area (Å²) in [5, 5.41) is 21.4. The molecule has 2 aliphatic heterocycles. The Morgan fingerprint density at radius 1 is 1.15 bits per heavy atom. The van der Waals surface area contributed by atoms with Gasteiger partial charge in [0.25, 0.3) is 0 Å². The summed E-state index contributed by atoms with van der Waals surface area (Å²) < 4.78 is 0. The molecule has 1 fully saturated rings. The van der Waals surface area contributed by atoms with Crippen molar-refractivity contribution in [3.05, 3.63) is 47.5 Å². The molecule has 0 bridgehead atoms. The fourth-order valence-corrected chi connectivity index (χ4v) is 3.48. The minimum atomic E-state index is -0.794. The van der Waals surface area contributed by atoms with Gasteiger partial charge in [-0.15, -0.1) is 0 Å². The monoisotopic (exact) mass is 347 g/mol. The lowest BCUT2D eigenvalue weighted by molar-refractivity contribution is -0.142. The number of amides is 1. The van der Waals surface area contributed by atoms with Crippen LogP contribution in [0.15, 0.2) is 36.4 Å². The van der Waals surface area contributed by atoms with Crippen molar-refractivity contribution in [1.29, 1.82) is 5.26 Å². The lowest BCUT2D eigenvalue weighted by Gasteiger charge is -2.39. The molecule has 2 N–H and O–H groups in total. The third-order valence-corrected chi connectivity index (χ3v) is 5.02. The molecular weight excluding hydrogens is 330 g/mol. The molecule has 6 nitrogen and oxygen atoms in total. The van der Waals surface area contributed by atoms with E-state index >= 15 is 0 Å². The molecule has 1 saturated heterocycles. The van der Waals surface area contributed by atoms with Crippen LogP contribution in [-0.2, 0) is 16.0 Å². The summed E-state index contributed by atoms with van der Waals surface area (Å²) in [6.45, 7) is 0.865. The van der Waals surface area contributed by atoms with Gasteiger partial charge in [0.2, 0.25) is 5.91 Å². The largest absolute Gasteiger partial charge is 0.481 e. The zero-order valence-electron chi connectivity index (χ0n) is 14.0. The Balaban J connectivity index is 1.62. The summed E-state index contributed by atoms with van der Waals surface area (Å²) in [5.74, 6) is -1.12. The fraction of sp³-hybridized carbons (Fsp3) is 0.250. The van der Waals surface area contributed by atoms with Crippen LogP contribution >= 0.6 is 0 Å². The number of nitrogens with one attached hydrogen (secondary N) is 1. The van der Waals surface area contributed by atoms with E-state index in [0.29, 0.717) is 31.5 Å². The number of nitriles is 1. The van der Waals surface area contributed by atoms with Gasteiger partial charge in [0.1, 0.15) is 6.07 Å². The van der Waals surface area contributed by atoms with Gasteiger partial charge in [-0.3, -0.25) is 9.59 Å². The van der Waals surface area contributed by atoms with Crippen LogP contribution in [0.3, 0.4) is 0 Å². The van der Waals surface area contributed by atoms with Crippen LogP contribution in [0.1, 0.15) is 17.5 Å². The number of aryl methyl sites for hydroxylation is 1. The Kier molecular flexibility index (Phi) is 3.85. The number of hydrogen-bond donors (Lipinski definition) is 2. The molecule has 0 unspecified atom stereocenters. The third-order valence-electron chi connectivity index (χ3n) is 5.02. The molecule has 0 saturated carbocycles. The standard InChI is InChI=1S/C20H17N3O3/c21-9-15-8-13(2-5-18(15)23-10-16(11-23)20(25)26)12-1-4-17-14(7-12)3-6-19(24)22-17/h1-2,4-5,7-8,16H,3,6,10-11H2,(H,22,24)(H,25,26). The van der Waals surface area contributed by atoms with E-state index in [4.69, 9.17) is 5.11 Å². The van der Waals surface area contributed by atoms with Crippen molar-refractivity contribution >= 4 is 23.3 Å². The van der Waals surface area contributed by atoms with Gasteiger partial charge < -0.3 is 15.3 Å². The van der Waals surface area contributed by atoms with Crippen LogP contribution in [0.25, 0.3) is 11.1 Å². The van der Waals surface area contributed by atoms with Gasteiger partial charge in [0.15, 0.2) is 0 Å². The highest BCUT2D eigenvalue weighted by atomic mass is 16.4. The Hall–Kier alpha value is -3.33. The van der Waals surface area contributed by atoms with E-state index < -0.39 is 5.97 Å². The molecule has 130 valence electrons. The average Bonchev–Trinajstić information content (AvgIpc) is 2.60. The first-order valence-electron chi connectivity index (χ1n) is 8.50. The highest BCUT2D eigenvalue weighted by molar-refractivity contribution is 5.94. The molecular formula is C20H17N3O3. The highest BCUT2D eigenvalue weighted by Gasteiger charge is 2.33. The summed E-state index contributed by atoms with van der Waals surface area (Å²) in [4.78, 5) is 24.4. The second kappa shape index (κ2) is 6.19. The maximum Gasteiger partial charge on any atom is 0.310 e. The van der Waals surface area contributed by atoms with Gasteiger partial charge in [-0.25, -0.2) is 0 Å². The molecule has 0 spiro atoms. The number of carbonyl (C=O) groups excluding carboxylic acids is 1. The molecule has 6 heteroatoms. The first-order valence-corrected chi connectivity index (χ1v) is 8.50. The molecule has 26 heavy (non-hydrogen) atoms. The van der Waals surface area contributed by atoms with E-state index in [1.54, 1.807) is 0 Å². The number of fused-ring (bicyclic) bond motifs is 1. The Morgan fingerprint density at radius 2 is 1.88 bits per heavy atom. The highest BCUT2D eigenvalue weighted by Crippen LogP contribution is 2.33. The third kappa shape index (κ3) is 2.78. The predicted molar refractivity (Wildman–Crippen MR) is 96.9 cm³/mol. The second-order valence-corrected chi connectivity index (χ2v) is 6.70. The normalized spacial score (nSPS) is 16.3. The number of aliphatic carboxylic acids is 1. The average molecular weight is 347 g/mol. The molecule has 2 aromatic rings. The van der Waals surface area contributed by atoms with Gasteiger partial charge in [0.05, 0.1) is 17.2 Å². The summed E-state index contributed by atoms with van der Waals surface area (Å²) in [7, 11) is 0. The first-order chi connectivity index (χ1) is 12.5. The van der Waals surface area contributed by atoms with E-state index in [1.807, 2.05) is 35.2 Å². The fourth-order valence-electron chi connectivity index (χ4n) is 3.48. The van der Waals surface area contributed by atoms with E-state index in [2.05, 4.69) is 17.5 Å². The minimum Gasteiger partial charge on any atom is -0.481 e. The molecule has 0 radical (unpaired) electrons. The second-order valence-electron chi connectivity index (χ2n) is 6.70. The van der Waals surface area contributed by atoms with Crippen molar-refractivity contribution in [2.45, 2.75) is 12.8 Å². The molecule has 0 aliphatic carbocycles. The number of carbonyl (C=O) groups is 2. The van der Waals surface area contributed by atoms with Crippen molar-refractivity contribution in [1.82, 2.24) is 0 Å². The zero-order chi connectivity index (χ0) is 18.3. The number of rotatable bonds is 3. The lowest BCUT2D eigenvalue weighted by atomic mass is 9.94. The molecule has 2 aliphatic rings. The van der Waals surface area contributed by atoms with E-state index in [0.717, 1.165) is 28.1 Å². The molecule has 2 heterocycles. The van der Waals surface area contributed by atoms with Crippen molar-refractivity contribution < 1.29 is 14.7 Å². The topological polar surface area (TPSA) is 93.4 Å². The maximum absolute atomic E-state index is 11.5. The van der Waals surface area contributed by atoms with Gasteiger partial charge in [-0.05, 0) is 47.4 Å². The van der Waals surface area contributed by atoms with Crippen LogP contribution in [0.5, 0.6) is 0 Å². The number of anilines is 2. The number of benzene rings is 2. The van der Waals surface area contributed by atoms with Crippen LogP contribution in [0.4, 0.5) is 11.4 Å². The van der Waals surface area contributed by atoms with Crippen molar-refractivity contribution in [3.63, 3.8) is 0 Å². The summed E-state index contributed by atoms with van der Waals surface area (Å²) in [5.41, 5.74) is 5.19. The summed E-state index contributed by atoms with van der Waals surface area (Å²) in [6.07, 6.45) is 1.20. The molecule has 0 atom stereocenters. The Morgan fingerprint density at radius 3 is 2.62 bits per heavy atom. The lowest BCUT2D eigenvalue weighted by Crippen LogP contribution is -2.50. The van der Waals surface area contributed by atoms with Crippen LogP contribution in [0.2, 0.25) is 0 Å². The van der Waals surface area contributed by atoms with Crippen molar-refractivity contribution in [3.8, 4) is 17.2 Å². The number of carboxylic acids is 1. The summed E-state index contributed by atoms with van der Waals surface area (Å²) in [6, 6.07) is 13.8. The molecule has 4 rings (SSSR count). The Bertz CT molecular complexity index is 955. The van der Waals surface area contributed by atoms with Crippen molar-refractivity contribution in [2.75, 3.05) is 23.3 Å². The number of hydrogen-bond acceptors (Lipinski definition) is 4. The smallest absolute Gasteiger partial charge is 0.310 e. The van der Waals surface area contributed by atoms with Crippen LogP contribution in [0, 0.1) is 17.2 Å². The SMILES string of the molecule is N#Cc1cc(-c2ccc3c(c2)CCC(=O)N3)ccc1N1CC(C(=O)O)C1. The van der Waals surface area contributed by atoms with E-state index in [9.17, 15) is 14.9 Å².